The number of carbonyl (C=O) groups is 8. The monoisotopic (exact) mass is 1240 g/mol. The van der Waals surface area contributed by atoms with Crippen molar-refractivity contribution < 1.29 is 67.1 Å². The number of aliphatic carboxylic acids is 1. The molecule has 7 unspecified atom stereocenters. The number of fused-ring (bicyclic) bond motifs is 3. The molecule has 7 atom stereocenters. The lowest BCUT2D eigenvalue weighted by molar-refractivity contribution is -0.157. The van der Waals surface area contributed by atoms with Gasteiger partial charge in [-0.25, -0.2) is 4.79 Å². The SMILES string of the molecule is CC#CC12CCC3C4CCC5=CC(=O)CCC5=C4C(c4ccc(N(C)CCCC(=O)N5CCN(CC(=O)O)CC5C(=O)N5CCN(C(=O)OC(C)(C)C)CC5C(=O)N(C)CCCOCCOCCOCCCNc5cccc(C(C)=O)c5C(C)=O)cc4)CC31O2. The Labute approximate surface area is 530 Å². The summed E-state index contributed by atoms with van der Waals surface area (Å²) in [5.74, 6) is 5.31. The highest BCUT2D eigenvalue weighted by atomic mass is 16.6. The highest BCUT2D eigenvalue weighted by molar-refractivity contribution is 6.10. The zero-order chi connectivity index (χ0) is 64.5. The fraction of sp³-hybridized carbons (Fsp3) is 0.623. The summed E-state index contributed by atoms with van der Waals surface area (Å²) in [6, 6.07) is 11.7. The van der Waals surface area contributed by atoms with Crippen molar-refractivity contribution >= 4 is 58.5 Å². The number of ether oxygens (including phenoxy) is 5. The standard InChI is InChI=1S/C69H93N7O14/c1-9-26-68-27-25-56-54-23-19-49-41-51(79)22-24-53(49)63(54)55(42-69(56,68)90-68)48-17-20-50(21-18-48)71(7)29-11-16-60(80)75-33-31-73(45-61(81)82)43-58(75)65(84)76-34-32-74(66(85)89-67(4,5)6)44-59(76)64(83)72(8)30-13-36-87-38-40-88-39-37-86-35-12-28-70-57-15-10-14-52(46(2)77)62(57)47(3)78/h10,14-15,17-18,20-21,41,54-56,58-59,70H,11-13,16,19,22-25,27-40,42-45H2,1-8H3,(H,81,82). The molecule has 0 radical (unpaired) electrons. The number of hydrogen-bond donors (Lipinski definition) is 2. The Morgan fingerprint density at radius 2 is 1.51 bits per heavy atom. The molecule has 21 nitrogen and oxygen atoms in total. The Balaban J connectivity index is 0.767. The average Bonchev–Trinajstić information content (AvgIpc) is 1.49. The number of piperazine rings is 2. The molecular weight excluding hydrogens is 1150 g/mol. The number of likely N-dealkylation sites (N-methyl/N-ethyl adjacent to an activating group) is 1. The molecule has 4 aliphatic carbocycles. The molecule has 4 amide bonds. The molecule has 3 saturated heterocycles. The van der Waals surface area contributed by atoms with Crippen LogP contribution in [0.15, 0.2) is 65.3 Å². The van der Waals surface area contributed by atoms with Gasteiger partial charge in [-0.1, -0.05) is 35.8 Å². The summed E-state index contributed by atoms with van der Waals surface area (Å²) >= 11 is 0. The number of allylic oxidation sites excluding steroid dienone is 4. The molecule has 2 aromatic carbocycles. The Morgan fingerprint density at radius 3 is 2.20 bits per heavy atom. The van der Waals surface area contributed by atoms with E-state index in [0.717, 1.165) is 44.2 Å². The quantitative estimate of drug-likeness (QED) is 0.0390. The highest BCUT2D eigenvalue weighted by Crippen LogP contribution is 2.73. The predicted molar refractivity (Wildman–Crippen MR) is 338 cm³/mol. The van der Waals surface area contributed by atoms with Gasteiger partial charge in [0.05, 0.1) is 45.1 Å². The molecule has 488 valence electrons. The van der Waals surface area contributed by atoms with Crippen molar-refractivity contribution in [3.05, 3.63) is 82.0 Å². The second-order valence-corrected chi connectivity index (χ2v) is 26.2. The fourth-order valence-corrected chi connectivity index (χ4v) is 14.8. The van der Waals surface area contributed by atoms with E-state index in [2.05, 4.69) is 46.3 Å². The maximum atomic E-state index is 15.1. The summed E-state index contributed by atoms with van der Waals surface area (Å²) < 4.78 is 29.7. The summed E-state index contributed by atoms with van der Waals surface area (Å²) in [6.07, 6.45) is 9.24. The Kier molecular flexibility index (Phi) is 22.1. The normalized spacial score (nSPS) is 24.5. The van der Waals surface area contributed by atoms with E-state index >= 15 is 4.79 Å². The molecular formula is C69H93N7O14. The smallest absolute Gasteiger partial charge is 0.410 e. The summed E-state index contributed by atoms with van der Waals surface area (Å²) in [5, 5.41) is 13.1. The van der Waals surface area contributed by atoms with Crippen LogP contribution in [0.5, 0.6) is 0 Å². The lowest BCUT2D eigenvalue weighted by Crippen LogP contribution is -2.67. The largest absolute Gasteiger partial charge is 0.480 e. The van der Waals surface area contributed by atoms with Crippen LogP contribution >= 0.6 is 0 Å². The lowest BCUT2D eigenvalue weighted by atomic mass is 9.57. The van der Waals surface area contributed by atoms with E-state index < -0.39 is 41.6 Å². The molecule has 3 aliphatic heterocycles. The number of rotatable bonds is 27. The van der Waals surface area contributed by atoms with Gasteiger partial charge in [-0.3, -0.25) is 38.5 Å². The van der Waals surface area contributed by atoms with Crippen molar-refractivity contribution in [1.82, 2.24) is 24.5 Å². The number of epoxide rings is 1. The van der Waals surface area contributed by atoms with Gasteiger partial charge >= 0.3 is 12.1 Å². The number of nitrogens with one attached hydrogen (secondary N) is 1. The number of benzene rings is 2. The number of amides is 4. The van der Waals surface area contributed by atoms with E-state index in [1.807, 2.05) is 20.0 Å². The van der Waals surface area contributed by atoms with Gasteiger partial charge in [0.25, 0.3) is 0 Å². The van der Waals surface area contributed by atoms with Crippen LogP contribution in [0.3, 0.4) is 0 Å². The molecule has 21 heteroatoms. The number of carbonyl (C=O) groups excluding carboxylic acids is 7. The Bertz CT molecular complexity index is 3140. The van der Waals surface area contributed by atoms with E-state index in [0.29, 0.717) is 107 Å². The van der Waals surface area contributed by atoms with Crippen LogP contribution < -0.4 is 10.2 Å². The van der Waals surface area contributed by atoms with Crippen molar-refractivity contribution in [2.45, 2.75) is 147 Å². The van der Waals surface area contributed by atoms with Gasteiger partial charge in [0, 0.05) is 115 Å². The molecule has 2 N–H and O–H groups in total. The third kappa shape index (κ3) is 15.5. The van der Waals surface area contributed by atoms with Crippen LogP contribution in [-0.2, 0) is 47.7 Å². The number of ketones is 3. The number of hydrogen-bond acceptors (Lipinski definition) is 16. The molecule has 2 aromatic rings. The van der Waals surface area contributed by atoms with Crippen LogP contribution in [0.25, 0.3) is 0 Å². The summed E-state index contributed by atoms with van der Waals surface area (Å²) in [6.45, 7) is 13.5. The van der Waals surface area contributed by atoms with Gasteiger partial charge in [0.2, 0.25) is 17.7 Å². The van der Waals surface area contributed by atoms with Gasteiger partial charge in [0.1, 0.15) is 23.3 Å². The van der Waals surface area contributed by atoms with E-state index in [4.69, 9.17) is 23.7 Å². The van der Waals surface area contributed by atoms with Crippen LogP contribution in [0, 0.1) is 23.7 Å². The van der Waals surface area contributed by atoms with E-state index in [1.54, 1.807) is 55.8 Å². The summed E-state index contributed by atoms with van der Waals surface area (Å²) in [7, 11) is 3.63. The van der Waals surface area contributed by atoms with Crippen molar-refractivity contribution in [2.75, 3.05) is 129 Å². The van der Waals surface area contributed by atoms with Gasteiger partial charge in [0.15, 0.2) is 23.0 Å². The van der Waals surface area contributed by atoms with Crippen molar-refractivity contribution in [2.24, 2.45) is 11.8 Å². The molecule has 0 bridgehead atoms. The second kappa shape index (κ2) is 29.5. The molecule has 1 spiro atoms. The van der Waals surface area contributed by atoms with Crippen LogP contribution in [-0.4, -0.2) is 225 Å². The molecule has 2 saturated carbocycles. The van der Waals surface area contributed by atoms with Crippen LogP contribution in [0.4, 0.5) is 16.2 Å². The predicted octanol–water partition coefficient (Wildman–Crippen LogP) is 7.18. The summed E-state index contributed by atoms with van der Waals surface area (Å²) in [5.41, 5.74) is 6.30. The van der Waals surface area contributed by atoms with Crippen LogP contribution in [0.2, 0.25) is 0 Å². The number of anilines is 2. The molecule has 3 heterocycles. The second-order valence-electron chi connectivity index (χ2n) is 26.2. The first kappa shape index (κ1) is 67.4. The number of carboxylic acid groups (broad SMARTS) is 1. The lowest BCUT2D eigenvalue weighted by Gasteiger charge is -2.46. The highest BCUT2D eigenvalue weighted by Gasteiger charge is 2.79. The molecule has 0 aromatic heterocycles. The Morgan fingerprint density at radius 1 is 0.800 bits per heavy atom. The van der Waals surface area contributed by atoms with Gasteiger partial charge in [-0.15, -0.1) is 5.92 Å². The minimum atomic E-state index is -1.12. The third-order valence-electron chi connectivity index (χ3n) is 19.0. The average molecular weight is 1240 g/mol. The number of nitrogens with zero attached hydrogens (tertiary/aromatic N) is 6. The number of carboxylic acids is 1. The fourth-order valence-electron chi connectivity index (χ4n) is 14.8. The van der Waals surface area contributed by atoms with Crippen LogP contribution in [0.1, 0.15) is 144 Å². The molecule has 5 fully saturated rings. The van der Waals surface area contributed by atoms with Crippen molar-refractivity contribution in [3.8, 4) is 11.8 Å². The molecule has 7 aliphatic rings. The zero-order valence-corrected chi connectivity index (χ0v) is 54.0. The first-order valence-corrected chi connectivity index (χ1v) is 32.4. The maximum absolute atomic E-state index is 15.1. The molecule has 90 heavy (non-hydrogen) atoms. The van der Waals surface area contributed by atoms with E-state index in [9.17, 15) is 38.7 Å². The molecule has 9 rings (SSSR count). The zero-order valence-electron chi connectivity index (χ0n) is 54.0. The van der Waals surface area contributed by atoms with E-state index in [1.165, 1.54) is 50.8 Å². The Hall–Kier alpha value is -6.96. The third-order valence-corrected chi connectivity index (χ3v) is 19.0. The number of Topliss-reactive ketones (excluding diaryl/α,β-unsaturated/α-hetero) is 2. The first-order valence-electron chi connectivity index (χ1n) is 32.4. The van der Waals surface area contributed by atoms with Gasteiger partial charge in [-0.2, -0.15) is 0 Å². The minimum absolute atomic E-state index is 0.0154. The topological polar surface area (TPSA) is 238 Å². The van der Waals surface area contributed by atoms with Gasteiger partial charge < -0.3 is 58.6 Å². The van der Waals surface area contributed by atoms with Crippen molar-refractivity contribution in [1.29, 1.82) is 0 Å². The van der Waals surface area contributed by atoms with Gasteiger partial charge in [-0.05, 0) is 152 Å². The van der Waals surface area contributed by atoms with Crippen molar-refractivity contribution in [3.63, 3.8) is 0 Å². The summed E-state index contributed by atoms with van der Waals surface area (Å²) in [4.78, 5) is 116. The first-order chi connectivity index (χ1) is 43.0. The maximum Gasteiger partial charge on any atom is 0.410 e. The van der Waals surface area contributed by atoms with E-state index in [-0.39, 0.29) is 99.2 Å². The minimum Gasteiger partial charge on any atom is -0.480 e.